The zero-order chi connectivity index (χ0) is 22.6. The fourth-order valence-corrected chi connectivity index (χ4v) is 3.70. The number of hydrogen-bond donors (Lipinski definition) is 1. The Morgan fingerprint density at radius 3 is 2.15 bits per heavy atom. The number of ether oxygens (including phenoxy) is 2. The van der Waals surface area contributed by atoms with Gasteiger partial charge in [0.2, 0.25) is 0 Å². The molecule has 0 saturated carbocycles. The summed E-state index contributed by atoms with van der Waals surface area (Å²) in [7, 11) is 0. The number of aromatic nitrogens is 2. The maximum absolute atomic E-state index is 13.2. The van der Waals surface area contributed by atoms with E-state index in [1.165, 1.54) is 0 Å². The van der Waals surface area contributed by atoms with Gasteiger partial charge in [0.15, 0.2) is 11.5 Å². The topological polar surface area (TPSA) is 76.6 Å². The third-order valence-corrected chi connectivity index (χ3v) is 5.49. The largest absolute Gasteiger partial charge is 0.457 e. The third kappa shape index (κ3) is 4.89. The van der Waals surface area contributed by atoms with Crippen molar-refractivity contribution in [2.45, 2.75) is 0 Å². The number of anilines is 2. The second-order valence-electron chi connectivity index (χ2n) is 7.52. The van der Waals surface area contributed by atoms with E-state index in [1.54, 1.807) is 48.5 Å². The highest BCUT2D eigenvalue weighted by atomic mass is 35.5. The van der Waals surface area contributed by atoms with Crippen molar-refractivity contribution in [3.05, 3.63) is 83.5 Å². The van der Waals surface area contributed by atoms with Gasteiger partial charge in [-0.3, -0.25) is 4.79 Å². The first-order chi connectivity index (χ1) is 16.2. The predicted molar refractivity (Wildman–Crippen MR) is 128 cm³/mol. The van der Waals surface area contributed by atoms with E-state index in [0.717, 1.165) is 5.52 Å². The van der Waals surface area contributed by atoms with Crippen LogP contribution >= 0.6 is 11.6 Å². The molecule has 7 nitrogen and oxygen atoms in total. The van der Waals surface area contributed by atoms with Gasteiger partial charge < -0.3 is 19.7 Å². The Labute approximate surface area is 195 Å². The number of amides is 1. The fraction of sp³-hybridized carbons (Fsp3) is 0.160. The Kier molecular flexibility index (Phi) is 6.06. The Morgan fingerprint density at radius 2 is 1.48 bits per heavy atom. The smallest absolute Gasteiger partial charge is 0.278 e. The monoisotopic (exact) mass is 460 g/mol. The normalized spacial score (nSPS) is 13.7. The molecular weight excluding hydrogens is 440 g/mol. The molecule has 1 aliphatic heterocycles. The van der Waals surface area contributed by atoms with Crippen LogP contribution in [0.1, 0.15) is 10.5 Å². The van der Waals surface area contributed by atoms with E-state index in [2.05, 4.69) is 10.3 Å². The minimum Gasteiger partial charge on any atom is -0.457 e. The van der Waals surface area contributed by atoms with Gasteiger partial charge in [0.05, 0.1) is 24.2 Å². The molecule has 166 valence electrons. The molecule has 0 aliphatic carbocycles. The van der Waals surface area contributed by atoms with E-state index in [0.29, 0.717) is 59.8 Å². The standard InChI is InChI=1S/C25H21ClN4O3/c26-17-5-9-19(10-6-17)33-20-11-7-18(8-12-20)27-25(31)23-24(30-13-15-32-16-14-30)29-22-4-2-1-3-21(22)28-23/h1-12H,13-16H2,(H,27,31). The van der Waals surface area contributed by atoms with Crippen LogP contribution in [0.25, 0.3) is 11.0 Å². The van der Waals surface area contributed by atoms with Crippen LogP contribution in [0.15, 0.2) is 72.8 Å². The van der Waals surface area contributed by atoms with Gasteiger partial charge in [-0.2, -0.15) is 0 Å². The average molecular weight is 461 g/mol. The van der Waals surface area contributed by atoms with Gasteiger partial charge in [0.25, 0.3) is 5.91 Å². The number of benzene rings is 3. The number of nitrogens with zero attached hydrogens (tertiary/aromatic N) is 3. The van der Waals surface area contributed by atoms with Crippen molar-refractivity contribution < 1.29 is 14.3 Å². The van der Waals surface area contributed by atoms with Crippen LogP contribution in [-0.4, -0.2) is 42.2 Å². The van der Waals surface area contributed by atoms with Gasteiger partial charge in [-0.15, -0.1) is 0 Å². The lowest BCUT2D eigenvalue weighted by Gasteiger charge is -2.29. The van der Waals surface area contributed by atoms with E-state index in [1.807, 2.05) is 29.2 Å². The van der Waals surface area contributed by atoms with Gasteiger partial charge in [-0.25, -0.2) is 9.97 Å². The predicted octanol–water partition coefficient (Wildman–Crippen LogP) is 5.16. The highest BCUT2D eigenvalue weighted by Crippen LogP contribution is 2.26. The lowest BCUT2D eigenvalue weighted by atomic mass is 10.2. The molecule has 1 fully saturated rings. The van der Waals surface area contributed by atoms with Gasteiger partial charge in [-0.1, -0.05) is 23.7 Å². The lowest BCUT2D eigenvalue weighted by molar-refractivity contribution is 0.102. The highest BCUT2D eigenvalue weighted by molar-refractivity contribution is 6.30. The highest BCUT2D eigenvalue weighted by Gasteiger charge is 2.23. The molecule has 33 heavy (non-hydrogen) atoms. The number of hydrogen-bond acceptors (Lipinski definition) is 6. The molecule has 1 aromatic heterocycles. The molecule has 0 atom stereocenters. The van der Waals surface area contributed by atoms with Crippen LogP contribution in [-0.2, 0) is 4.74 Å². The van der Waals surface area contributed by atoms with Crippen molar-refractivity contribution in [3.8, 4) is 11.5 Å². The molecule has 8 heteroatoms. The van der Waals surface area contributed by atoms with Crippen molar-refractivity contribution in [2.24, 2.45) is 0 Å². The first-order valence-electron chi connectivity index (χ1n) is 10.6. The van der Waals surface area contributed by atoms with Crippen LogP contribution < -0.4 is 15.0 Å². The van der Waals surface area contributed by atoms with Crippen LogP contribution in [0.2, 0.25) is 5.02 Å². The number of halogens is 1. The van der Waals surface area contributed by atoms with Crippen LogP contribution in [0.3, 0.4) is 0 Å². The van der Waals surface area contributed by atoms with Gasteiger partial charge in [0, 0.05) is 23.8 Å². The Morgan fingerprint density at radius 1 is 0.879 bits per heavy atom. The Bertz CT molecular complexity index is 1270. The van der Waals surface area contributed by atoms with E-state index >= 15 is 0 Å². The first-order valence-corrected chi connectivity index (χ1v) is 11.0. The van der Waals surface area contributed by atoms with Crippen LogP contribution in [0.4, 0.5) is 11.5 Å². The molecule has 2 heterocycles. The SMILES string of the molecule is O=C(Nc1ccc(Oc2ccc(Cl)cc2)cc1)c1nc2ccccc2nc1N1CCOCC1. The van der Waals surface area contributed by atoms with Crippen molar-refractivity contribution in [2.75, 3.05) is 36.5 Å². The number of carbonyl (C=O) groups excluding carboxylic acids is 1. The van der Waals surface area contributed by atoms with Gasteiger partial charge >= 0.3 is 0 Å². The third-order valence-electron chi connectivity index (χ3n) is 5.24. The summed E-state index contributed by atoms with van der Waals surface area (Å²) in [5.41, 5.74) is 2.34. The summed E-state index contributed by atoms with van der Waals surface area (Å²) >= 11 is 5.91. The molecule has 0 unspecified atom stereocenters. The number of fused-ring (bicyclic) bond motifs is 1. The van der Waals surface area contributed by atoms with Gasteiger partial charge in [0.1, 0.15) is 11.5 Å². The summed E-state index contributed by atoms with van der Waals surface area (Å²) in [6.07, 6.45) is 0. The molecule has 1 aliphatic rings. The summed E-state index contributed by atoms with van der Waals surface area (Å²) in [6, 6.07) is 21.8. The molecule has 3 aromatic carbocycles. The molecule has 1 N–H and O–H groups in total. The molecule has 0 radical (unpaired) electrons. The second kappa shape index (κ2) is 9.44. The number of carbonyl (C=O) groups is 1. The summed E-state index contributed by atoms with van der Waals surface area (Å²) in [5.74, 6) is 1.57. The quantitative estimate of drug-likeness (QED) is 0.443. The van der Waals surface area contributed by atoms with E-state index in [4.69, 9.17) is 26.1 Å². The minimum absolute atomic E-state index is 0.289. The van der Waals surface area contributed by atoms with Crippen molar-refractivity contribution >= 4 is 40.0 Å². The maximum Gasteiger partial charge on any atom is 0.278 e. The summed E-state index contributed by atoms with van der Waals surface area (Å²) < 4.78 is 11.3. The van der Waals surface area contributed by atoms with E-state index < -0.39 is 0 Å². The van der Waals surface area contributed by atoms with E-state index in [-0.39, 0.29) is 11.6 Å². The van der Waals surface area contributed by atoms with Crippen molar-refractivity contribution in [3.63, 3.8) is 0 Å². The maximum atomic E-state index is 13.2. The van der Waals surface area contributed by atoms with Crippen molar-refractivity contribution in [1.82, 2.24) is 9.97 Å². The molecule has 5 rings (SSSR count). The summed E-state index contributed by atoms with van der Waals surface area (Å²) in [4.78, 5) is 24.6. The van der Waals surface area contributed by atoms with Crippen LogP contribution in [0.5, 0.6) is 11.5 Å². The fourth-order valence-electron chi connectivity index (χ4n) is 3.57. The molecular formula is C25H21ClN4O3. The Balaban J connectivity index is 1.37. The first kappa shape index (κ1) is 21.2. The number of para-hydroxylation sites is 2. The number of morpholine rings is 1. The van der Waals surface area contributed by atoms with Crippen molar-refractivity contribution in [1.29, 1.82) is 0 Å². The molecule has 1 amide bonds. The zero-order valence-corrected chi connectivity index (χ0v) is 18.5. The number of rotatable bonds is 5. The lowest BCUT2D eigenvalue weighted by Crippen LogP contribution is -2.38. The molecule has 0 bridgehead atoms. The molecule has 0 spiro atoms. The summed E-state index contributed by atoms with van der Waals surface area (Å²) in [6.45, 7) is 2.49. The second-order valence-corrected chi connectivity index (χ2v) is 7.95. The average Bonchev–Trinajstić information content (AvgIpc) is 2.86. The van der Waals surface area contributed by atoms with Gasteiger partial charge in [-0.05, 0) is 60.7 Å². The van der Waals surface area contributed by atoms with Crippen LogP contribution in [0, 0.1) is 0 Å². The minimum atomic E-state index is -0.318. The summed E-state index contributed by atoms with van der Waals surface area (Å²) in [5, 5.41) is 3.58. The van der Waals surface area contributed by atoms with E-state index in [9.17, 15) is 4.79 Å². The number of nitrogens with one attached hydrogen (secondary N) is 1. The molecule has 1 saturated heterocycles. The molecule has 4 aromatic rings. The Hall–Kier alpha value is -3.68. The zero-order valence-electron chi connectivity index (χ0n) is 17.7.